The molecule has 1 aliphatic carbocycles. The Morgan fingerprint density at radius 3 is 2.29 bits per heavy atom. The number of aromatic nitrogens is 2. The molecule has 2 aromatic carbocycles. The summed E-state index contributed by atoms with van der Waals surface area (Å²) in [5.74, 6) is 0.0479. The number of amides is 1. The summed E-state index contributed by atoms with van der Waals surface area (Å²) in [6.45, 7) is 11.3. The topological polar surface area (TPSA) is 47.4 Å². The van der Waals surface area contributed by atoms with E-state index in [2.05, 4.69) is 61.9 Å². The summed E-state index contributed by atoms with van der Waals surface area (Å²) in [7, 11) is 0. The van der Waals surface area contributed by atoms with Crippen molar-refractivity contribution in [3.8, 4) is 11.1 Å². The third-order valence-electron chi connectivity index (χ3n) is 5.61. The standard InChI is InChI=1S/C26H29N3O2/c1-18(2)14-28(15-20-13-27-29(16-20)19(3)4)26(30)31-17-25-23-11-7-5-9-21(23)22-10-6-8-12-24(22)25/h5-13,16,19,25H,1,14-15,17H2,2-4H3. The molecule has 0 aliphatic heterocycles. The number of nitrogens with zero attached hydrogens (tertiary/aromatic N) is 3. The van der Waals surface area contributed by atoms with Crippen LogP contribution in [0.3, 0.4) is 0 Å². The number of fused-ring (bicyclic) bond motifs is 3. The van der Waals surface area contributed by atoms with E-state index in [-0.39, 0.29) is 18.1 Å². The van der Waals surface area contributed by atoms with Gasteiger partial charge in [0.05, 0.1) is 12.7 Å². The molecular weight excluding hydrogens is 386 g/mol. The molecule has 0 fully saturated rings. The van der Waals surface area contributed by atoms with Gasteiger partial charge in [-0.05, 0) is 43.0 Å². The molecule has 1 heterocycles. The SMILES string of the molecule is C=C(C)CN(Cc1cnn(C(C)C)c1)C(=O)OCC1c2ccccc2-c2ccccc21. The summed E-state index contributed by atoms with van der Waals surface area (Å²) in [5, 5.41) is 4.38. The largest absolute Gasteiger partial charge is 0.448 e. The van der Waals surface area contributed by atoms with Gasteiger partial charge >= 0.3 is 6.09 Å². The molecule has 31 heavy (non-hydrogen) atoms. The zero-order valence-electron chi connectivity index (χ0n) is 18.4. The highest BCUT2D eigenvalue weighted by molar-refractivity contribution is 5.79. The fraction of sp³-hybridized carbons (Fsp3) is 0.308. The van der Waals surface area contributed by atoms with E-state index in [1.807, 2.05) is 36.1 Å². The molecule has 0 unspecified atom stereocenters. The lowest BCUT2D eigenvalue weighted by Crippen LogP contribution is -2.33. The Hall–Kier alpha value is -3.34. The normalized spacial score (nSPS) is 12.5. The van der Waals surface area contributed by atoms with Gasteiger partial charge in [0.2, 0.25) is 0 Å². The fourth-order valence-corrected chi connectivity index (χ4v) is 4.16. The van der Waals surface area contributed by atoms with Crippen LogP contribution in [0.15, 0.2) is 73.1 Å². The number of ether oxygens (including phenoxy) is 1. The minimum Gasteiger partial charge on any atom is -0.448 e. The smallest absolute Gasteiger partial charge is 0.410 e. The van der Waals surface area contributed by atoms with Crippen molar-refractivity contribution in [2.24, 2.45) is 0 Å². The molecule has 0 saturated carbocycles. The van der Waals surface area contributed by atoms with Crippen molar-refractivity contribution in [2.45, 2.75) is 39.3 Å². The van der Waals surface area contributed by atoms with Gasteiger partial charge in [0.15, 0.2) is 0 Å². The van der Waals surface area contributed by atoms with Gasteiger partial charge in [0, 0.05) is 30.3 Å². The Bertz CT molecular complexity index is 1050. The molecule has 0 spiro atoms. The van der Waals surface area contributed by atoms with Crippen molar-refractivity contribution in [1.29, 1.82) is 0 Å². The summed E-state index contributed by atoms with van der Waals surface area (Å²) in [5.41, 5.74) is 6.74. The number of carbonyl (C=O) groups is 1. The van der Waals surface area contributed by atoms with Crippen molar-refractivity contribution >= 4 is 6.09 Å². The first-order chi connectivity index (χ1) is 14.9. The summed E-state index contributed by atoms with van der Waals surface area (Å²) in [6, 6.07) is 17.0. The average Bonchev–Trinajstić information content (AvgIpc) is 3.34. The predicted molar refractivity (Wildman–Crippen MR) is 123 cm³/mol. The second-order valence-corrected chi connectivity index (χ2v) is 8.54. The molecule has 0 saturated heterocycles. The number of rotatable bonds is 7. The van der Waals surface area contributed by atoms with Crippen molar-refractivity contribution < 1.29 is 9.53 Å². The van der Waals surface area contributed by atoms with E-state index in [0.29, 0.717) is 19.7 Å². The molecule has 0 atom stereocenters. The second-order valence-electron chi connectivity index (χ2n) is 8.54. The maximum atomic E-state index is 13.0. The van der Waals surface area contributed by atoms with Crippen LogP contribution in [-0.4, -0.2) is 33.9 Å². The summed E-state index contributed by atoms with van der Waals surface area (Å²) in [6.07, 6.45) is 3.46. The van der Waals surface area contributed by atoms with E-state index in [4.69, 9.17) is 4.74 Å². The minimum absolute atomic E-state index is 0.0479. The summed E-state index contributed by atoms with van der Waals surface area (Å²) >= 11 is 0. The van der Waals surface area contributed by atoms with Gasteiger partial charge < -0.3 is 4.74 Å². The van der Waals surface area contributed by atoms with Crippen LogP contribution in [0.5, 0.6) is 0 Å². The first-order valence-electron chi connectivity index (χ1n) is 10.7. The predicted octanol–water partition coefficient (Wildman–Crippen LogP) is 5.79. The van der Waals surface area contributed by atoms with E-state index in [1.54, 1.807) is 4.90 Å². The third kappa shape index (κ3) is 4.41. The molecule has 1 aromatic heterocycles. The molecule has 0 bridgehead atoms. The van der Waals surface area contributed by atoms with E-state index in [9.17, 15) is 4.79 Å². The Labute approximate surface area is 184 Å². The Kier molecular flexibility index (Phi) is 5.94. The van der Waals surface area contributed by atoms with E-state index >= 15 is 0 Å². The van der Waals surface area contributed by atoms with Gasteiger partial charge in [-0.3, -0.25) is 9.58 Å². The molecular formula is C26H29N3O2. The Morgan fingerprint density at radius 1 is 1.13 bits per heavy atom. The van der Waals surface area contributed by atoms with Crippen molar-refractivity contribution in [3.05, 3.63) is 89.8 Å². The van der Waals surface area contributed by atoms with Crippen LogP contribution in [0, 0.1) is 0 Å². The molecule has 5 nitrogen and oxygen atoms in total. The molecule has 1 amide bonds. The highest BCUT2D eigenvalue weighted by atomic mass is 16.6. The first kappa shape index (κ1) is 20.9. The van der Waals surface area contributed by atoms with Crippen molar-refractivity contribution in [3.63, 3.8) is 0 Å². The highest BCUT2D eigenvalue weighted by Gasteiger charge is 2.29. The van der Waals surface area contributed by atoms with E-state index in [1.165, 1.54) is 22.3 Å². The maximum Gasteiger partial charge on any atom is 0.410 e. The lowest BCUT2D eigenvalue weighted by molar-refractivity contribution is 0.100. The van der Waals surface area contributed by atoms with Gasteiger partial charge in [-0.1, -0.05) is 60.7 Å². The second kappa shape index (κ2) is 8.80. The minimum atomic E-state index is -0.331. The molecule has 160 valence electrons. The maximum absolute atomic E-state index is 13.0. The number of carbonyl (C=O) groups excluding carboxylic acids is 1. The van der Waals surface area contributed by atoms with Crippen molar-refractivity contribution in [1.82, 2.24) is 14.7 Å². The molecule has 4 rings (SSSR count). The van der Waals surface area contributed by atoms with E-state index in [0.717, 1.165) is 11.1 Å². The van der Waals surface area contributed by atoms with Crippen LogP contribution in [0.25, 0.3) is 11.1 Å². The fourth-order valence-electron chi connectivity index (χ4n) is 4.16. The van der Waals surface area contributed by atoms with Gasteiger partial charge in [-0.2, -0.15) is 5.10 Å². The van der Waals surface area contributed by atoms with Gasteiger partial charge in [0.25, 0.3) is 0 Å². The summed E-state index contributed by atoms with van der Waals surface area (Å²) in [4.78, 5) is 14.7. The Morgan fingerprint density at radius 2 is 1.74 bits per heavy atom. The van der Waals surface area contributed by atoms with Crippen LogP contribution < -0.4 is 0 Å². The van der Waals surface area contributed by atoms with Crippen molar-refractivity contribution in [2.75, 3.05) is 13.2 Å². The molecule has 0 radical (unpaired) electrons. The molecule has 3 aromatic rings. The van der Waals surface area contributed by atoms with Crippen LogP contribution in [-0.2, 0) is 11.3 Å². The highest BCUT2D eigenvalue weighted by Crippen LogP contribution is 2.44. The number of hydrogen-bond donors (Lipinski definition) is 0. The zero-order chi connectivity index (χ0) is 22.0. The van der Waals surface area contributed by atoms with Gasteiger partial charge in [-0.25, -0.2) is 4.79 Å². The first-order valence-corrected chi connectivity index (χ1v) is 10.7. The Balaban J connectivity index is 1.49. The van der Waals surface area contributed by atoms with E-state index < -0.39 is 0 Å². The molecule has 0 N–H and O–H groups in total. The summed E-state index contributed by atoms with van der Waals surface area (Å²) < 4.78 is 7.74. The van der Waals surface area contributed by atoms with Crippen LogP contribution >= 0.6 is 0 Å². The van der Waals surface area contributed by atoms with Gasteiger partial charge in [0.1, 0.15) is 6.61 Å². The lowest BCUT2D eigenvalue weighted by atomic mass is 9.98. The van der Waals surface area contributed by atoms with Crippen LogP contribution in [0.1, 0.15) is 49.4 Å². The monoisotopic (exact) mass is 415 g/mol. The third-order valence-corrected chi connectivity index (χ3v) is 5.61. The molecule has 5 heteroatoms. The number of benzene rings is 2. The van der Waals surface area contributed by atoms with Crippen LogP contribution in [0.2, 0.25) is 0 Å². The van der Waals surface area contributed by atoms with Gasteiger partial charge in [-0.15, -0.1) is 0 Å². The van der Waals surface area contributed by atoms with Crippen LogP contribution in [0.4, 0.5) is 4.79 Å². The average molecular weight is 416 g/mol. The molecule has 1 aliphatic rings. The number of hydrogen-bond acceptors (Lipinski definition) is 3. The lowest BCUT2D eigenvalue weighted by Gasteiger charge is -2.23. The zero-order valence-corrected chi connectivity index (χ0v) is 18.4. The quantitative estimate of drug-likeness (QED) is 0.459.